The number of nitrogens with zero attached hydrogens (tertiary/aromatic N) is 1. The van der Waals surface area contributed by atoms with Gasteiger partial charge in [-0.25, -0.2) is 4.79 Å². The van der Waals surface area contributed by atoms with Gasteiger partial charge in [0.2, 0.25) is 11.8 Å². The Labute approximate surface area is 239 Å². The minimum absolute atomic E-state index is 0.157. The lowest BCUT2D eigenvalue weighted by atomic mass is 9.94. The third-order valence-electron chi connectivity index (χ3n) is 6.11. The number of fused-ring (bicyclic) bond motifs is 1. The molecule has 2 atom stereocenters. The van der Waals surface area contributed by atoms with Gasteiger partial charge in [0.15, 0.2) is 0 Å². The van der Waals surface area contributed by atoms with Crippen LogP contribution in [0.1, 0.15) is 59.6 Å². The largest absolute Gasteiger partial charge is 0.508 e. The maximum absolute atomic E-state index is 14.2. The fourth-order valence-corrected chi connectivity index (χ4v) is 4.46. The summed E-state index contributed by atoms with van der Waals surface area (Å²) in [5.41, 5.74) is 4.18. The molecule has 3 rings (SSSR count). The molecule has 10 nitrogen and oxygen atoms in total. The lowest BCUT2D eigenvalue weighted by molar-refractivity contribution is -0.147. The van der Waals surface area contributed by atoms with E-state index in [1.807, 2.05) is 30.3 Å². The number of alkyl carbamates (subject to hydrolysis) is 1. The molecule has 0 saturated carbocycles. The Morgan fingerprint density at radius 1 is 0.902 bits per heavy atom. The van der Waals surface area contributed by atoms with Crippen molar-refractivity contribution in [1.82, 2.24) is 10.2 Å². The molecule has 0 bridgehead atoms. The van der Waals surface area contributed by atoms with Crippen LogP contribution in [0.2, 0.25) is 0 Å². The van der Waals surface area contributed by atoms with E-state index in [1.54, 1.807) is 65.8 Å². The van der Waals surface area contributed by atoms with E-state index >= 15 is 0 Å². The zero-order valence-electron chi connectivity index (χ0n) is 24.2. The molecule has 0 saturated heterocycles. The zero-order chi connectivity index (χ0) is 30.5. The van der Waals surface area contributed by atoms with Crippen molar-refractivity contribution in [3.63, 3.8) is 0 Å². The van der Waals surface area contributed by atoms with Gasteiger partial charge in [0.25, 0.3) is 5.91 Å². The number of primary amides is 1. The monoisotopic (exact) mass is 562 g/mol. The third kappa shape index (κ3) is 8.20. The molecule has 2 unspecified atom stereocenters. The van der Waals surface area contributed by atoms with Crippen LogP contribution >= 0.6 is 0 Å². The number of para-hydroxylation sites is 1. The van der Waals surface area contributed by atoms with Gasteiger partial charge in [0.05, 0.1) is 6.42 Å². The van der Waals surface area contributed by atoms with E-state index in [0.29, 0.717) is 5.69 Å². The molecule has 3 aromatic rings. The molecule has 3 aromatic carbocycles. The van der Waals surface area contributed by atoms with Crippen molar-refractivity contribution >= 4 is 40.3 Å². The van der Waals surface area contributed by atoms with E-state index < -0.39 is 53.5 Å². The van der Waals surface area contributed by atoms with E-state index in [0.717, 1.165) is 10.8 Å². The van der Waals surface area contributed by atoms with Crippen LogP contribution in [0.25, 0.3) is 10.8 Å². The topological polar surface area (TPSA) is 151 Å². The Balaban J connectivity index is 2.08. The number of nitrogens with one attached hydrogen (secondary N) is 2. The Bertz CT molecular complexity index is 1440. The molecule has 0 spiro atoms. The molecule has 0 aromatic heterocycles. The van der Waals surface area contributed by atoms with Gasteiger partial charge in [-0.1, -0.05) is 48.5 Å². The third-order valence-corrected chi connectivity index (χ3v) is 6.11. The van der Waals surface area contributed by atoms with Crippen LogP contribution in [-0.4, -0.2) is 51.0 Å². The maximum atomic E-state index is 14.2. The molecule has 0 aliphatic heterocycles. The second kappa shape index (κ2) is 12.3. The predicted molar refractivity (Wildman–Crippen MR) is 157 cm³/mol. The van der Waals surface area contributed by atoms with Crippen LogP contribution in [0.5, 0.6) is 5.75 Å². The van der Waals surface area contributed by atoms with Crippen LogP contribution < -0.4 is 16.4 Å². The lowest BCUT2D eigenvalue weighted by Crippen LogP contribution is -2.58. The van der Waals surface area contributed by atoms with Gasteiger partial charge in [-0.05, 0) is 70.5 Å². The number of phenolic OH excluding ortho intramolecular Hbond substituents is 1. The number of carbonyl (C=O) groups is 4. The first-order valence-corrected chi connectivity index (χ1v) is 13.3. The van der Waals surface area contributed by atoms with Crippen molar-refractivity contribution in [3.05, 3.63) is 72.3 Å². The minimum Gasteiger partial charge on any atom is -0.508 e. The van der Waals surface area contributed by atoms with Crippen LogP contribution in [0, 0.1) is 0 Å². The molecule has 0 heterocycles. The van der Waals surface area contributed by atoms with E-state index in [4.69, 9.17) is 10.5 Å². The van der Waals surface area contributed by atoms with Gasteiger partial charge in [0, 0.05) is 16.8 Å². The van der Waals surface area contributed by atoms with E-state index in [1.165, 1.54) is 17.0 Å². The summed E-state index contributed by atoms with van der Waals surface area (Å²) in [6, 6.07) is 16.4. The minimum atomic E-state index is -1.44. The molecule has 0 fully saturated rings. The summed E-state index contributed by atoms with van der Waals surface area (Å²) in [6.07, 6.45) is -1.46. The molecule has 5 N–H and O–H groups in total. The number of hydrogen-bond donors (Lipinski definition) is 4. The van der Waals surface area contributed by atoms with E-state index in [2.05, 4.69) is 10.6 Å². The van der Waals surface area contributed by atoms with Gasteiger partial charge in [-0.3, -0.25) is 14.4 Å². The fourth-order valence-electron chi connectivity index (χ4n) is 4.46. The first-order valence-electron chi connectivity index (χ1n) is 13.3. The van der Waals surface area contributed by atoms with Crippen molar-refractivity contribution < 1.29 is 29.0 Å². The molecule has 4 amide bonds. The smallest absolute Gasteiger partial charge is 0.408 e. The van der Waals surface area contributed by atoms with Gasteiger partial charge in [0.1, 0.15) is 23.4 Å². The predicted octanol–water partition coefficient (Wildman–Crippen LogP) is 4.62. The Morgan fingerprint density at radius 3 is 2.10 bits per heavy atom. The number of amides is 4. The Kier molecular flexibility index (Phi) is 9.27. The second-order valence-electron chi connectivity index (χ2n) is 11.8. The molecular formula is C31H38N4O6. The summed E-state index contributed by atoms with van der Waals surface area (Å²) in [5, 5.41) is 18.0. The van der Waals surface area contributed by atoms with Gasteiger partial charge in [-0.15, -0.1) is 0 Å². The van der Waals surface area contributed by atoms with Crippen molar-refractivity contribution in [2.45, 2.75) is 71.2 Å². The number of ether oxygens (including phenoxy) is 1. The molecule has 0 aliphatic rings. The van der Waals surface area contributed by atoms with Crippen LogP contribution in [0.4, 0.5) is 10.5 Å². The Hall–Kier alpha value is -4.60. The summed E-state index contributed by atoms with van der Waals surface area (Å²) in [5.74, 6) is -2.42. The lowest BCUT2D eigenvalue weighted by Gasteiger charge is -2.43. The fraction of sp³-hybridized carbons (Fsp3) is 0.355. The van der Waals surface area contributed by atoms with Crippen LogP contribution in [0.3, 0.4) is 0 Å². The van der Waals surface area contributed by atoms with Gasteiger partial charge in [-0.2, -0.15) is 0 Å². The normalized spacial score (nSPS) is 13.1. The van der Waals surface area contributed by atoms with Gasteiger partial charge < -0.3 is 31.1 Å². The summed E-state index contributed by atoms with van der Waals surface area (Å²) in [4.78, 5) is 54.0. The van der Waals surface area contributed by atoms with Crippen molar-refractivity contribution in [3.8, 4) is 5.75 Å². The first-order chi connectivity index (χ1) is 19.1. The number of rotatable bonds is 8. The number of anilines is 1. The number of benzene rings is 3. The van der Waals surface area contributed by atoms with Crippen molar-refractivity contribution in [1.29, 1.82) is 0 Å². The highest BCUT2D eigenvalue weighted by Crippen LogP contribution is 2.35. The van der Waals surface area contributed by atoms with E-state index in [-0.39, 0.29) is 11.3 Å². The number of hydrogen-bond acceptors (Lipinski definition) is 6. The number of phenols is 1. The summed E-state index contributed by atoms with van der Waals surface area (Å²) < 4.78 is 5.30. The molecular weight excluding hydrogens is 524 g/mol. The van der Waals surface area contributed by atoms with Crippen molar-refractivity contribution in [2.24, 2.45) is 5.73 Å². The number of aromatic hydroxyl groups is 1. The summed E-state index contributed by atoms with van der Waals surface area (Å²) in [7, 11) is 0. The quantitative estimate of drug-likeness (QED) is 0.314. The van der Waals surface area contributed by atoms with E-state index in [9.17, 15) is 24.3 Å². The highest BCUT2D eigenvalue weighted by atomic mass is 16.6. The number of nitrogens with two attached hydrogens (primary N) is 1. The van der Waals surface area contributed by atoms with Gasteiger partial charge >= 0.3 is 6.09 Å². The standard InChI is InChI=1S/C31H38N4O6/c1-30(2,3)35(28(39)23(18-25(32)37)34-29(40)41-31(4,5)6)26(22-13-9-10-14-24(22)36)27(38)33-21-16-15-19-11-7-8-12-20(19)17-21/h7-17,23,26,36H,18H2,1-6H3,(H2,32,37)(H,33,38)(H,34,40). The molecule has 41 heavy (non-hydrogen) atoms. The maximum Gasteiger partial charge on any atom is 0.408 e. The highest BCUT2D eigenvalue weighted by Gasteiger charge is 2.43. The summed E-state index contributed by atoms with van der Waals surface area (Å²) >= 11 is 0. The molecule has 0 aliphatic carbocycles. The molecule has 10 heteroatoms. The zero-order valence-corrected chi connectivity index (χ0v) is 24.2. The molecule has 218 valence electrons. The first kappa shape index (κ1) is 30.9. The van der Waals surface area contributed by atoms with Crippen LogP contribution in [0.15, 0.2) is 66.7 Å². The Morgan fingerprint density at radius 2 is 1.51 bits per heavy atom. The average Bonchev–Trinajstić information content (AvgIpc) is 2.84. The second-order valence-corrected chi connectivity index (χ2v) is 11.8. The molecule has 0 radical (unpaired) electrons. The van der Waals surface area contributed by atoms with Crippen LogP contribution in [-0.2, 0) is 19.1 Å². The highest BCUT2D eigenvalue weighted by molar-refractivity contribution is 6.01. The summed E-state index contributed by atoms with van der Waals surface area (Å²) in [6.45, 7) is 10.1. The van der Waals surface area contributed by atoms with Crippen molar-refractivity contribution in [2.75, 3.05) is 5.32 Å². The SMILES string of the molecule is CC(C)(C)OC(=O)NC(CC(N)=O)C(=O)N(C(C(=O)Nc1ccc2ccccc2c1)c1ccccc1O)C(C)(C)C. The number of carbonyl (C=O) groups excluding carboxylic acids is 4. The average molecular weight is 563 g/mol.